The van der Waals surface area contributed by atoms with E-state index >= 15 is 0 Å². The topological polar surface area (TPSA) is 51.1 Å². The predicted molar refractivity (Wildman–Crippen MR) is 59.1 cm³/mol. The van der Waals surface area contributed by atoms with E-state index in [0.717, 1.165) is 13.1 Å². The van der Waals surface area contributed by atoms with Gasteiger partial charge in [0, 0.05) is 19.1 Å². The number of morpholine rings is 1. The molecule has 0 bridgehead atoms. The van der Waals surface area contributed by atoms with Crippen LogP contribution in [0.25, 0.3) is 0 Å². The summed E-state index contributed by atoms with van der Waals surface area (Å²) in [5.41, 5.74) is 0. The fraction of sp³-hybridized carbons (Fsp3) is 0.444. The highest BCUT2D eigenvalue weighted by Crippen LogP contribution is 2.05. The van der Waals surface area contributed by atoms with E-state index in [9.17, 15) is 0 Å². The van der Waals surface area contributed by atoms with Crippen molar-refractivity contribution < 1.29 is 4.74 Å². The number of ether oxygens (including phenoxy) is 1. The second kappa shape index (κ2) is 5.30. The van der Waals surface area contributed by atoms with Crippen LogP contribution in [0.3, 0.4) is 0 Å². The maximum atomic E-state index is 5.62. The predicted octanol–water partition coefficient (Wildman–Crippen LogP) is 0.820. The summed E-state index contributed by atoms with van der Waals surface area (Å²) in [6.07, 6.45) is 0. The smallest absolute Gasteiger partial charge is 0.227 e. The van der Waals surface area contributed by atoms with Gasteiger partial charge in [-0.3, -0.25) is 0 Å². The van der Waals surface area contributed by atoms with E-state index < -0.39 is 0 Å². The number of nitrogens with zero attached hydrogens (tertiary/aromatic N) is 4. The molecule has 0 aromatic carbocycles. The Bertz CT molecular complexity index is 417. The number of halogens is 2. The van der Waals surface area contributed by atoms with Gasteiger partial charge >= 0.3 is 0 Å². The minimum Gasteiger partial charge on any atom is -0.378 e. The Morgan fingerprint density at radius 3 is 2.31 bits per heavy atom. The molecule has 5 nitrogen and oxygen atoms in total. The second-order valence-corrected chi connectivity index (χ2v) is 3.71. The molecule has 0 N–H and O–H groups in total. The quantitative estimate of drug-likeness (QED) is 0.645. The molecule has 0 radical (unpaired) electrons. The Morgan fingerprint density at radius 1 is 1.06 bits per heavy atom. The molecule has 0 aliphatic carbocycles. The fourth-order valence-corrected chi connectivity index (χ4v) is 1.55. The Balaban J connectivity index is 2.10. The van der Waals surface area contributed by atoms with Crippen LogP contribution < -0.4 is 0 Å². The highest BCUT2D eigenvalue weighted by atomic mass is 35.5. The molecule has 0 atom stereocenters. The van der Waals surface area contributed by atoms with Crippen molar-refractivity contribution in [2.24, 2.45) is 0 Å². The highest BCUT2D eigenvalue weighted by molar-refractivity contribution is 6.31. The largest absolute Gasteiger partial charge is 0.378 e. The highest BCUT2D eigenvalue weighted by Gasteiger charge is 2.06. The molecule has 7 heteroatoms. The van der Waals surface area contributed by atoms with Gasteiger partial charge in [0.25, 0.3) is 0 Å². The first-order valence-electron chi connectivity index (χ1n) is 4.65. The van der Waals surface area contributed by atoms with E-state index in [1.165, 1.54) is 0 Å². The summed E-state index contributed by atoms with van der Waals surface area (Å²) in [7, 11) is 0. The zero-order valence-corrected chi connectivity index (χ0v) is 9.79. The molecule has 84 valence electrons. The summed E-state index contributed by atoms with van der Waals surface area (Å²) in [5, 5.41) is 0.0950. The molecule has 0 saturated carbocycles. The lowest BCUT2D eigenvalue weighted by Gasteiger charge is -2.22. The minimum absolute atomic E-state index is 0.0475. The van der Waals surface area contributed by atoms with Gasteiger partial charge in [0.05, 0.1) is 13.2 Å². The first kappa shape index (κ1) is 11.4. The Labute approximate surface area is 103 Å². The van der Waals surface area contributed by atoms with Gasteiger partial charge in [-0.25, -0.2) is 0 Å². The molecule has 0 spiro atoms. The van der Waals surface area contributed by atoms with E-state index in [1.54, 1.807) is 0 Å². The summed E-state index contributed by atoms with van der Waals surface area (Å²) in [6.45, 7) is 2.93. The van der Waals surface area contributed by atoms with Gasteiger partial charge in [0.2, 0.25) is 16.4 Å². The van der Waals surface area contributed by atoms with Gasteiger partial charge in [0.15, 0.2) is 0 Å². The molecular weight excluding hydrogens is 251 g/mol. The van der Waals surface area contributed by atoms with E-state index in [1.807, 2.05) is 4.90 Å². The third-order valence-corrected chi connectivity index (χ3v) is 2.26. The third kappa shape index (κ3) is 3.20. The van der Waals surface area contributed by atoms with Crippen LogP contribution in [0.15, 0.2) is 0 Å². The lowest BCUT2D eigenvalue weighted by molar-refractivity contribution is 0.0638. The zero-order chi connectivity index (χ0) is 11.4. The van der Waals surface area contributed by atoms with Crippen LogP contribution in [0.5, 0.6) is 0 Å². The molecule has 1 saturated heterocycles. The molecule has 2 rings (SSSR count). The summed E-state index contributed by atoms with van der Waals surface area (Å²) in [4.78, 5) is 13.3. The molecule has 0 amide bonds. The minimum atomic E-state index is 0.0475. The fourth-order valence-electron chi connectivity index (χ4n) is 1.19. The van der Waals surface area contributed by atoms with Crippen molar-refractivity contribution in [3.05, 3.63) is 16.4 Å². The molecule has 0 unspecified atom stereocenters. The van der Waals surface area contributed by atoms with Crippen molar-refractivity contribution in [1.29, 1.82) is 0 Å². The van der Waals surface area contributed by atoms with Crippen LogP contribution in [-0.2, 0) is 4.74 Å². The Hall–Kier alpha value is -1.09. The summed E-state index contributed by atoms with van der Waals surface area (Å²) in [6, 6.07) is 2.93. The number of hydrogen-bond donors (Lipinski definition) is 0. The van der Waals surface area contributed by atoms with Gasteiger partial charge in [-0.2, -0.15) is 15.0 Å². The van der Waals surface area contributed by atoms with Crippen LogP contribution in [0.2, 0.25) is 10.6 Å². The van der Waals surface area contributed by atoms with Gasteiger partial charge in [0.1, 0.15) is 0 Å². The lowest BCUT2D eigenvalue weighted by Crippen LogP contribution is -2.32. The number of rotatable bonds is 0. The van der Waals surface area contributed by atoms with Crippen LogP contribution in [0, 0.1) is 12.0 Å². The summed E-state index contributed by atoms with van der Waals surface area (Å²) in [5.74, 6) is 3.06. The molecule has 1 aliphatic heterocycles. The first-order chi connectivity index (χ1) is 7.74. The Kier molecular flexibility index (Phi) is 3.78. The molecule has 1 aromatic rings. The van der Waals surface area contributed by atoms with E-state index in [-0.39, 0.29) is 16.4 Å². The van der Waals surface area contributed by atoms with E-state index in [0.29, 0.717) is 13.2 Å². The normalized spacial score (nSPS) is 15.5. The summed E-state index contributed by atoms with van der Waals surface area (Å²) < 4.78 is 5.20. The molecule has 1 aromatic heterocycles. The molecule has 2 heterocycles. The van der Waals surface area contributed by atoms with Gasteiger partial charge < -0.3 is 9.64 Å². The zero-order valence-electron chi connectivity index (χ0n) is 8.28. The van der Waals surface area contributed by atoms with Crippen molar-refractivity contribution in [3.8, 4) is 12.0 Å². The Morgan fingerprint density at radius 2 is 1.69 bits per heavy atom. The van der Waals surface area contributed by atoms with Gasteiger partial charge in [-0.05, 0) is 29.1 Å². The maximum Gasteiger partial charge on any atom is 0.227 e. The maximum absolute atomic E-state index is 5.62. The molecule has 1 fully saturated rings. The third-order valence-electron chi connectivity index (χ3n) is 1.92. The van der Waals surface area contributed by atoms with Crippen molar-refractivity contribution in [2.45, 2.75) is 0 Å². The molecule has 16 heavy (non-hydrogen) atoms. The van der Waals surface area contributed by atoms with Crippen molar-refractivity contribution in [1.82, 2.24) is 19.9 Å². The van der Waals surface area contributed by atoms with Crippen LogP contribution in [0.4, 0.5) is 0 Å². The average molecular weight is 259 g/mol. The SMILES string of the molecule is Clc1nc(Cl)nc(C#CN2CCOCC2)n1. The summed E-state index contributed by atoms with van der Waals surface area (Å²) >= 11 is 11.2. The van der Waals surface area contributed by atoms with Gasteiger partial charge in [-0.15, -0.1) is 0 Å². The van der Waals surface area contributed by atoms with Gasteiger partial charge in [-0.1, -0.05) is 0 Å². The monoisotopic (exact) mass is 258 g/mol. The molecular formula is C9H8Cl2N4O. The standard InChI is InChI=1S/C9H8Cl2N4O/c10-8-12-7(13-9(11)14-8)1-2-15-3-5-16-6-4-15/h3-6H2. The van der Waals surface area contributed by atoms with Crippen molar-refractivity contribution in [2.75, 3.05) is 26.3 Å². The van der Waals surface area contributed by atoms with Crippen molar-refractivity contribution in [3.63, 3.8) is 0 Å². The van der Waals surface area contributed by atoms with E-state index in [2.05, 4.69) is 26.9 Å². The van der Waals surface area contributed by atoms with Crippen LogP contribution in [-0.4, -0.2) is 46.2 Å². The van der Waals surface area contributed by atoms with Crippen molar-refractivity contribution >= 4 is 23.2 Å². The van der Waals surface area contributed by atoms with E-state index in [4.69, 9.17) is 27.9 Å². The first-order valence-corrected chi connectivity index (χ1v) is 5.41. The second-order valence-electron chi connectivity index (χ2n) is 3.03. The lowest BCUT2D eigenvalue weighted by atomic mass is 10.4. The number of hydrogen-bond acceptors (Lipinski definition) is 5. The van der Waals surface area contributed by atoms with Crippen LogP contribution in [0.1, 0.15) is 5.82 Å². The van der Waals surface area contributed by atoms with Crippen LogP contribution >= 0.6 is 23.2 Å². The molecule has 1 aliphatic rings. The number of aromatic nitrogens is 3. The average Bonchev–Trinajstić information content (AvgIpc) is 2.27.